The smallest absolute Gasteiger partial charge is 0.362 e. The lowest BCUT2D eigenvalue weighted by Gasteiger charge is -2.25. The molecule has 4 nitrogen and oxygen atoms in total. The predicted molar refractivity (Wildman–Crippen MR) is 95.2 cm³/mol. The molecular weight excluding hydrogens is 362 g/mol. The van der Waals surface area contributed by atoms with Crippen LogP contribution in [0.4, 0.5) is 34.6 Å². The van der Waals surface area contributed by atoms with Gasteiger partial charge in [-0.1, -0.05) is 13.0 Å². The highest BCUT2D eigenvalue weighted by molar-refractivity contribution is 5.94. The molecule has 27 heavy (non-hydrogen) atoms. The van der Waals surface area contributed by atoms with E-state index in [0.29, 0.717) is 18.7 Å². The third-order valence-electron chi connectivity index (χ3n) is 3.73. The molecule has 2 aromatic rings. The van der Waals surface area contributed by atoms with Crippen molar-refractivity contribution in [2.75, 3.05) is 23.3 Å². The topological polar surface area (TPSA) is 36.7 Å². The van der Waals surface area contributed by atoms with E-state index in [-0.39, 0.29) is 12.2 Å². The molecule has 0 bridgehead atoms. The van der Waals surface area contributed by atoms with Crippen molar-refractivity contribution in [3.63, 3.8) is 0 Å². The van der Waals surface area contributed by atoms with Crippen LogP contribution in [0.5, 0.6) is 0 Å². The molecule has 2 rings (SSSR count). The van der Waals surface area contributed by atoms with E-state index in [0.717, 1.165) is 12.1 Å². The average Bonchev–Trinajstić information content (AvgIpc) is 2.62. The number of amides is 1. The van der Waals surface area contributed by atoms with E-state index in [1.807, 2.05) is 6.92 Å². The fraction of sp³-hybridized carbons (Fsp3) is 0.263. The van der Waals surface area contributed by atoms with Gasteiger partial charge >= 0.3 is 6.18 Å². The van der Waals surface area contributed by atoms with E-state index in [9.17, 15) is 22.4 Å². The SMILES string of the molecule is [C-]#[N+]c1ccc(N(CCC)CC(=O)Nc2ccc(F)cc2)cc1C(F)(F)F. The number of hydrogen-bond donors (Lipinski definition) is 1. The Morgan fingerprint density at radius 2 is 1.85 bits per heavy atom. The zero-order chi connectivity index (χ0) is 20.0. The van der Waals surface area contributed by atoms with Crippen molar-refractivity contribution in [3.8, 4) is 0 Å². The van der Waals surface area contributed by atoms with Crippen LogP contribution in [0, 0.1) is 12.4 Å². The van der Waals surface area contributed by atoms with E-state index < -0.39 is 29.2 Å². The molecule has 0 saturated heterocycles. The monoisotopic (exact) mass is 379 g/mol. The molecule has 1 amide bonds. The summed E-state index contributed by atoms with van der Waals surface area (Å²) in [5.74, 6) is -0.891. The summed E-state index contributed by atoms with van der Waals surface area (Å²) in [6.45, 7) is 8.91. The van der Waals surface area contributed by atoms with Gasteiger partial charge in [-0.15, -0.1) is 0 Å². The lowest BCUT2D eigenvalue weighted by atomic mass is 10.1. The first-order chi connectivity index (χ1) is 12.7. The summed E-state index contributed by atoms with van der Waals surface area (Å²) in [5, 5.41) is 2.58. The van der Waals surface area contributed by atoms with Crippen LogP contribution in [0.3, 0.4) is 0 Å². The van der Waals surface area contributed by atoms with Crippen molar-refractivity contribution in [3.05, 3.63) is 65.3 Å². The van der Waals surface area contributed by atoms with Crippen molar-refractivity contribution in [1.82, 2.24) is 0 Å². The second-order valence-corrected chi connectivity index (χ2v) is 5.79. The Morgan fingerprint density at radius 3 is 2.41 bits per heavy atom. The fourth-order valence-electron chi connectivity index (χ4n) is 2.52. The van der Waals surface area contributed by atoms with E-state index >= 15 is 0 Å². The Balaban J connectivity index is 2.22. The summed E-state index contributed by atoms with van der Waals surface area (Å²) in [6, 6.07) is 8.55. The summed E-state index contributed by atoms with van der Waals surface area (Å²) in [5.41, 5.74) is -0.934. The fourth-order valence-corrected chi connectivity index (χ4v) is 2.52. The Morgan fingerprint density at radius 1 is 1.19 bits per heavy atom. The molecule has 0 fully saturated rings. The van der Waals surface area contributed by atoms with Gasteiger partial charge in [-0.2, -0.15) is 13.2 Å². The second kappa shape index (κ2) is 8.54. The number of hydrogen-bond acceptors (Lipinski definition) is 2. The number of rotatable bonds is 6. The van der Waals surface area contributed by atoms with Crippen LogP contribution in [-0.4, -0.2) is 19.0 Å². The number of nitrogens with zero attached hydrogens (tertiary/aromatic N) is 2. The Hall–Kier alpha value is -3.08. The summed E-state index contributed by atoms with van der Waals surface area (Å²) in [7, 11) is 0. The van der Waals surface area contributed by atoms with Crippen LogP contribution in [0.1, 0.15) is 18.9 Å². The van der Waals surface area contributed by atoms with E-state index in [1.165, 1.54) is 35.2 Å². The van der Waals surface area contributed by atoms with Crippen molar-refractivity contribution in [2.45, 2.75) is 19.5 Å². The molecule has 0 radical (unpaired) electrons. The summed E-state index contributed by atoms with van der Waals surface area (Å²) in [4.78, 5) is 16.7. The highest BCUT2D eigenvalue weighted by Crippen LogP contribution is 2.38. The second-order valence-electron chi connectivity index (χ2n) is 5.79. The van der Waals surface area contributed by atoms with Crippen LogP contribution in [0.15, 0.2) is 42.5 Å². The van der Waals surface area contributed by atoms with Gasteiger partial charge in [0.25, 0.3) is 0 Å². The third kappa shape index (κ3) is 5.45. The van der Waals surface area contributed by atoms with Crippen LogP contribution in [-0.2, 0) is 11.0 Å². The molecular formula is C19H17F4N3O. The van der Waals surface area contributed by atoms with Gasteiger partial charge in [-0.05, 0) is 42.8 Å². The minimum absolute atomic E-state index is 0.181. The van der Waals surface area contributed by atoms with Crippen LogP contribution in [0.2, 0.25) is 0 Å². The number of anilines is 2. The molecule has 0 aliphatic carbocycles. The van der Waals surface area contributed by atoms with Gasteiger partial charge in [0.05, 0.1) is 18.7 Å². The predicted octanol–water partition coefficient (Wildman–Crippen LogP) is 5.25. The number of halogens is 4. The molecule has 142 valence electrons. The molecule has 0 aromatic heterocycles. The Bertz CT molecular complexity index is 842. The molecule has 0 saturated carbocycles. The van der Waals surface area contributed by atoms with E-state index in [1.54, 1.807) is 0 Å². The van der Waals surface area contributed by atoms with Gasteiger partial charge in [0.2, 0.25) is 5.91 Å². The van der Waals surface area contributed by atoms with Crippen LogP contribution in [0.25, 0.3) is 4.85 Å². The number of carbonyl (C=O) groups excluding carboxylic acids is 1. The number of nitrogens with one attached hydrogen (secondary N) is 1. The molecule has 0 unspecified atom stereocenters. The highest BCUT2D eigenvalue weighted by atomic mass is 19.4. The number of benzene rings is 2. The highest BCUT2D eigenvalue weighted by Gasteiger charge is 2.34. The zero-order valence-corrected chi connectivity index (χ0v) is 14.5. The molecule has 0 aliphatic rings. The maximum absolute atomic E-state index is 13.2. The van der Waals surface area contributed by atoms with Crippen molar-refractivity contribution < 1.29 is 22.4 Å². The normalized spacial score (nSPS) is 11.0. The Kier molecular flexibility index (Phi) is 6.40. The summed E-state index contributed by atoms with van der Waals surface area (Å²) >= 11 is 0. The van der Waals surface area contributed by atoms with Gasteiger partial charge < -0.3 is 10.2 Å². The van der Waals surface area contributed by atoms with Crippen molar-refractivity contribution in [1.29, 1.82) is 0 Å². The van der Waals surface area contributed by atoms with Gasteiger partial charge in [0, 0.05) is 17.9 Å². The molecule has 0 spiro atoms. The largest absolute Gasteiger partial charge is 0.407 e. The lowest BCUT2D eigenvalue weighted by Crippen LogP contribution is -2.34. The molecule has 8 heteroatoms. The summed E-state index contributed by atoms with van der Waals surface area (Å²) < 4.78 is 52.4. The average molecular weight is 379 g/mol. The molecule has 0 atom stereocenters. The molecule has 0 heterocycles. The zero-order valence-electron chi connectivity index (χ0n) is 14.5. The maximum Gasteiger partial charge on any atom is 0.407 e. The van der Waals surface area contributed by atoms with Gasteiger partial charge in [-0.25, -0.2) is 9.24 Å². The maximum atomic E-state index is 13.2. The van der Waals surface area contributed by atoms with E-state index in [2.05, 4.69) is 10.2 Å². The van der Waals surface area contributed by atoms with Gasteiger partial charge in [-0.3, -0.25) is 4.79 Å². The molecule has 0 aliphatic heterocycles. The van der Waals surface area contributed by atoms with Gasteiger partial charge in [0.1, 0.15) is 5.82 Å². The number of alkyl halides is 3. The third-order valence-corrected chi connectivity index (χ3v) is 3.73. The Labute approximate surface area is 154 Å². The van der Waals surface area contributed by atoms with Crippen LogP contribution >= 0.6 is 0 Å². The first-order valence-corrected chi connectivity index (χ1v) is 8.13. The van der Waals surface area contributed by atoms with E-state index in [4.69, 9.17) is 6.57 Å². The minimum atomic E-state index is -4.66. The van der Waals surface area contributed by atoms with Gasteiger partial charge in [0.15, 0.2) is 5.69 Å². The lowest BCUT2D eigenvalue weighted by molar-refractivity contribution is -0.136. The first kappa shape index (κ1) is 20.2. The standard InChI is InChI=1S/C19H17F4N3O/c1-3-10-26(12-18(27)25-14-6-4-13(20)5-7-14)15-8-9-17(24-2)16(11-15)19(21,22)23/h4-9,11H,3,10,12H2,1H3,(H,25,27). The molecule has 1 N–H and O–H groups in total. The van der Waals surface area contributed by atoms with Crippen LogP contribution < -0.4 is 10.2 Å². The number of carbonyl (C=O) groups is 1. The van der Waals surface area contributed by atoms with Crippen molar-refractivity contribution in [2.24, 2.45) is 0 Å². The first-order valence-electron chi connectivity index (χ1n) is 8.13. The minimum Gasteiger partial charge on any atom is -0.362 e. The van der Waals surface area contributed by atoms with Crippen molar-refractivity contribution >= 4 is 23.0 Å². The summed E-state index contributed by atoms with van der Waals surface area (Å²) in [6.07, 6.45) is -4.06. The molecule has 2 aromatic carbocycles. The quantitative estimate of drug-likeness (QED) is 0.550.